The summed E-state index contributed by atoms with van der Waals surface area (Å²) in [7, 11) is 0. The molecule has 0 bridgehead atoms. The fourth-order valence-corrected chi connectivity index (χ4v) is 2.96. The molecule has 20 heavy (non-hydrogen) atoms. The van der Waals surface area contributed by atoms with Gasteiger partial charge in [0.2, 0.25) is 5.91 Å². The van der Waals surface area contributed by atoms with Gasteiger partial charge in [-0.2, -0.15) is 5.10 Å². The summed E-state index contributed by atoms with van der Waals surface area (Å²) in [6.07, 6.45) is 3.02. The van der Waals surface area contributed by atoms with Gasteiger partial charge in [0.25, 0.3) is 0 Å². The van der Waals surface area contributed by atoms with E-state index in [4.69, 9.17) is 0 Å². The molecule has 3 rings (SSSR count). The van der Waals surface area contributed by atoms with Gasteiger partial charge in [0.05, 0.1) is 11.8 Å². The number of amides is 1. The standard InChI is InChI=1S/C13H13FN4OS/c14-9-2-3-10-8(5-9)1-4-11(10)17-12(19)6-20-13-15-7-16-18-13/h2-3,5,7,11H,1,4,6H2,(H,17,19)(H,15,16,18)/t11-/m1/s1. The summed E-state index contributed by atoms with van der Waals surface area (Å²) in [5.74, 6) is -0.00689. The van der Waals surface area contributed by atoms with Crippen molar-refractivity contribution in [3.63, 3.8) is 0 Å². The van der Waals surface area contributed by atoms with Crippen LogP contribution in [0.4, 0.5) is 4.39 Å². The molecule has 0 fully saturated rings. The summed E-state index contributed by atoms with van der Waals surface area (Å²) in [5, 5.41) is 10.00. The SMILES string of the molecule is O=C(CSc1ncn[nH]1)N[C@@H]1CCc2cc(F)ccc21. The van der Waals surface area contributed by atoms with E-state index in [9.17, 15) is 9.18 Å². The average molecular weight is 292 g/mol. The summed E-state index contributed by atoms with van der Waals surface area (Å²) in [5.41, 5.74) is 2.00. The normalized spacial score (nSPS) is 16.9. The molecule has 0 radical (unpaired) electrons. The summed E-state index contributed by atoms with van der Waals surface area (Å²) in [4.78, 5) is 15.8. The maximum Gasteiger partial charge on any atom is 0.230 e. The number of nitrogens with one attached hydrogen (secondary N) is 2. The number of aromatic nitrogens is 3. The minimum absolute atomic E-state index is 0.0200. The molecular formula is C13H13FN4OS. The van der Waals surface area contributed by atoms with Crippen LogP contribution < -0.4 is 5.32 Å². The first-order chi connectivity index (χ1) is 9.72. The van der Waals surface area contributed by atoms with Crippen LogP contribution in [0, 0.1) is 5.82 Å². The first-order valence-corrected chi connectivity index (χ1v) is 7.27. The molecule has 1 amide bonds. The van der Waals surface area contributed by atoms with Gasteiger partial charge in [0.1, 0.15) is 12.1 Å². The van der Waals surface area contributed by atoms with Crippen molar-refractivity contribution < 1.29 is 9.18 Å². The molecule has 1 atom stereocenters. The van der Waals surface area contributed by atoms with Crippen molar-refractivity contribution in [2.45, 2.75) is 24.0 Å². The Morgan fingerprint density at radius 2 is 2.45 bits per heavy atom. The summed E-state index contributed by atoms with van der Waals surface area (Å²) in [6, 6.07) is 4.72. The second kappa shape index (κ2) is 5.62. The van der Waals surface area contributed by atoms with Crippen LogP contribution in [0.15, 0.2) is 29.7 Å². The van der Waals surface area contributed by atoms with Crippen LogP contribution >= 0.6 is 11.8 Å². The third-order valence-corrected chi connectivity index (χ3v) is 4.13. The molecule has 0 unspecified atom stereocenters. The van der Waals surface area contributed by atoms with Gasteiger partial charge in [0.15, 0.2) is 5.16 Å². The van der Waals surface area contributed by atoms with E-state index < -0.39 is 0 Å². The summed E-state index contributed by atoms with van der Waals surface area (Å²) < 4.78 is 13.1. The number of aryl methyl sites for hydroxylation is 1. The van der Waals surface area contributed by atoms with Crippen molar-refractivity contribution in [1.29, 1.82) is 0 Å². The van der Waals surface area contributed by atoms with Crippen molar-refractivity contribution in [3.8, 4) is 0 Å². The number of thioether (sulfide) groups is 1. The Morgan fingerprint density at radius 1 is 1.55 bits per heavy atom. The Morgan fingerprint density at radius 3 is 3.25 bits per heavy atom. The number of halogens is 1. The Kier molecular flexibility index (Phi) is 3.68. The number of nitrogens with zero attached hydrogens (tertiary/aromatic N) is 2. The Hall–Kier alpha value is -1.89. The van der Waals surface area contributed by atoms with E-state index in [-0.39, 0.29) is 23.5 Å². The first-order valence-electron chi connectivity index (χ1n) is 6.28. The smallest absolute Gasteiger partial charge is 0.230 e. The highest BCUT2D eigenvalue weighted by molar-refractivity contribution is 7.99. The lowest BCUT2D eigenvalue weighted by Crippen LogP contribution is -2.28. The van der Waals surface area contributed by atoms with E-state index in [2.05, 4.69) is 20.5 Å². The van der Waals surface area contributed by atoms with Gasteiger partial charge in [-0.05, 0) is 36.1 Å². The zero-order valence-electron chi connectivity index (χ0n) is 10.6. The minimum Gasteiger partial charge on any atom is -0.349 e. The van der Waals surface area contributed by atoms with Crippen molar-refractivity contribution in [1.82, 2.24) is 20.5 Å². The van der Waals surface area contributed by atoms with E-state index >= 15 is 0 Å². The molecular weight excluding hydrogens is 279 g/mol. The number of rotatable bonds is 4. The lowest BCUT2D eigenvalue weighted by Gasteiger charge is -2.13. The van der Waals surface area contributed by atoms with Crippen LogP contribution in [0.5, 0.6) is 0 Å². The highest BCUT2D eigenvalue weighted by atomic mass is 32.2. The van der Waals surface area contributed by atoms with E-state index in [0.717, 1.165) is 24.0 Å². The summed E-state index contributed by atoms with van der Waals surface area (Å²) in [6.45, 7) is 0. The molecule has 5 nitrogen and oxygen atoms in total. The molecule has 1 aliphatic carbocycles. The quantitative estimate of drug-likeness (QED) is 0.844. The average Bonchev–Trinajstić information content (AvgIpc) is 3.06. The molecule has 1 aromatic carbocycles. The van der Waals surface area contributed by atoms with E-state index in [1.165, 1.54) is 24.2 Å². The van der Waals surface area contributed by atoms with E-state index in [0.29, 0.717) is 5.16 Å². The third kappa shape index (κ3) is 2.82. The lowest BCUT2D eigenvalue weighted by molar-refractivity contribution is -0.119. The van der Waals surface area contributed by atoms with Crippen LogP contribution in [-0.4, -0.2) is 26.8 Å². The number of carbonyl (C=O) groups excluding carboxylic acids is 1. The predicted molar refractivity (Wildman–Crippen MR) is 72.7 cm³/mol. The van der Waals surface area contributed by atoms with Crippen LogP contribution in [0.2, 0.25) is 0 Å². The molecule has 0 aliphatic heterocycles. The number of fused-ring (bicyclic) bond motifs is 1. The summed E-state index contributed by atoms with van der Waals surface area (Å²) >= 11 is 1.30. The zero-order chi connectivity index (χ0) is 13.9. The fraction of sp³-hybridized carbons (Fsp3) is 0.308. The fourth-order valence-electron chi connectivity index (χ4n) is 2.37. The van der Waals surface area contributed by atoms with Crippen LogP contribution in [0.3, 0.4) is 0 Å². The molecule has 104 valence electrons. The van der Waals surface area contributed by atoms with Gasteiger partial charge in [-0.25, -0.2) is 9.37 Å². The van der Waals surface area contributed by atoms with Crippen molar-refractivity contribution in [3.05, 3.63) is 41.5 Å². The van der Waals surface area contributed by atoms with Gasteiger partial charge in [-0.3, -0.25) is 9.89 Å². The predicted octanol–water partition coefficient (Wildman–Crippen LogP) is 1.84. The Balaban J connectivity index is 1.58. The number of H-pyrrole nitrogens is 1. The van der Waals surface area contributed by atoms with Gasteiger partial charge < -0.3 is 5.32 Å². The second-order valence-electron chi connectivity index (χ2n) is 4.58. The van der Waals surface area contributed by atoms with E-state index in [1.54, 1.807) is 12.1 Å². The third-order valence-electron chi connectivity index (χ3n) is 3.25. The van der Waals surface area contributed by atoms with Crippen molar-refractivity contribution >= 4 is 17.7 Å². The molecule has 1 aliphatic rings. The number of carbonyl (C=O) groups is 1. The molecule has 1 heterocycles. The number of hydrogen-bond donors (Lipinski definition) is 2. The molecule has 0 saturated carbocycles. The van der Waals surface area contributed by atoms with Gasteiger partial charge >= 0.3 is 0 Å². The first kappa shape index (κ1) is 13.1. The highest BCUT2D eigenvalue weighted by Crippen LogP contribution is 2.31. The highest BCUT2D eigenvalue weighted by Gasteiger charge is 2.24. The molecule has 1 aromatic heterocycles. The monoisotopic (exact) mass is 292 g/mol. The van der Waals surface area contributed by atoms with Crippen LogP contribution in [0.25, 0.3) is 0 Å². The molecule has 2 aromatic rings. The van der Waals surface area contributed by atoms with Crippen molar-refractivity contribution in [2.75, 3.05) is 5.75 Å². The second-order valence-corrected chi connectivity index (χ2v) is 5.55. The van der Waals surface area contributed by atoms with Crippen LogP contribution in [0.1, 0.15) is 23.6 Å². The largest absolute Gasteiger partial charge is 0.349 e. The Labute approximate surface area is 119 Å². The molecule has 0 saturated heterocycles. The lowest BCUT2D eigenvalue weighted by atomic mass is 10.1. The zero-order valence-corrected chi connectivity index (χ0v) is 11.4. The number of hydrogen-bond acceptors (Lipinski definition) is 4. The van der Waals surface area contributed by atoms with Gasteiger partial charge in [-0.1, -0.05) is 17.8 Å². The molecule has 2 N–H and O–H groups in total. The number of benzene rings is 1. The van der Waals surface area contributed by atoms with Crippen molar-refractivity contribution in [2.24, 2.45) is 0 Å². The van der Waals surface area contributed by atoms with E-state index in [1.807, 2.05) is 0 Å². The maximum absolute atomic E-state index is 13.1. The molecule has 7 heteroatoms. The number of aromatic amines is 1. The van der Waals surface area contributed by atoms with Crippen LogP contribution in [-0.2, 0) is 11.2 Å². The maximum atomic E-state index is 13.1. The minimum atomic E-state index is -0.225. The van der Waals surface area contributed by atoms with Gasteiger partial charge in [0, 0.05) is 0 Å². The van der Waals surface area contributed by atoms with Gasteiger partial charge in [-0.15, -0.1) is 0 Å². The Bertz CT molecular complexity index is 617. The molecule has 0 spiro atoms. The topological polar surface area (TPSA) is 70.7 Å².